The molecule has 1 aliphatic carbocycles. The quantitative estimate of drug-likeness (QED) is 0.349. The number of benzene rings is 1. The molecule has 1 heterocycles. The van der Waals surface area contributed by atoms with Crippen LogP contribution >= 0.6 is 0 Å². The molecule has 1 aromatic carbocycles. The maximum absolute atomic E-state index is 10.4. The van der Waals surface area contributed by atoms with Crippen molar-refractivity contribution >= 4 is 17.2 Å². The molecular formula is C26H33NO2. The Morgan fingerprint density at radius 3 is 2.76 bits per heavy atom. The highest BCUT2D eigenvalue weighted by molar-refractivity contribution is 5.80. The van der Waals surface area contributed by atoms with E-state index in [1.807, 2.05) is 26.0 Å². The van der Waals surface area contributed by atoms with Crippen LogP contribution in [0.25, 0.3) is 10.9 Å². The van der Waals surface area contributed by atoms with Gasteiger partial charge in [-0.25, -0.2) is 0 Å². The first-order valence-corrected chi connectivity index (χ1v) is 10.7. The topological polar surface area (TPSA) is 39.2 Å². The van der Waals surface area contributed by atoms with Gasteiger partial charge in [-0.1, -0.05) is 49.8 Å². The fraction of sp³-hybridized carbons (Fsp3) is 0.385. The first-order chi connectivity index (χ1) is 14.2. The summed E-state index contributed by atoms with van der Waals surface area (Å²) in [4.78, 5) is 15.2. The first-order valence-electron chi connectivity index (χ1n) is 10.7. The van der Waals surface area contributed by atoms with Crippen LogP contribution in [0.5, 0.6) is 5.75 Å². The average Bonchev–Trinajstić information content (AvgIpc) is 2.78. The number of hydrogen-bond donors (Lipinski definition) is 0. The number of hydrogen-bond acceptors (Lipinski definition) is 3. The van der Waals surface area contributed by atoms with Crippen LogP contribution in [0, 0.1) is 0 Å². The summed E-state index contributed by atoms with van der Waals surface area (Å²) >= 11 is 0. The molecule has 2 aromatic rings. The van der Waals surface area contributed by atoms with Gasteiger partial charge in [0.25, 0.3) is 0 Å². The van der Waals surface area contributed by atoms with Crippen molar-refractivity contribution in [1.29, 1.82) is 0 Å². The zero-order valence-electron chi connectivity index (χ0n) is 18.0. The van der Waals surface area contributed by atoms with Gasteiger partial charge < -0.3 is 9.53 Å². The number of rotatable bonds is 9. The minimum atomic E-state index is 0.606. The second-order valence-electron chi connectivity index (χ2n) is 7.00. The number of aryl methyl sites for hydroxylation is 1. The van der Waals surface area contributed by atoms with E-state index in [-0.39, 0.29) is 0 Å². The summed E-state index contributed by atoms with van der Waals surface area (Å²) in [7, 11) is 0. The lowest BCUT2D eigenvalue weighted by molar-refractivity contribution is -0.107. The van der Waals surface area contributed by atoms with Crippen molar-refractivity contribution in [3.8, 4) is 5.75 Å². The third-order valence-electron chi connectivity index (χ3n) is 4.75. The van der Waals surface area contributed by atoms with Gasteiger partial charge in [0.05, 0.1) is 5.52 Å². The molecule has 0 fully saturated rings. The number of pyridine rings is 1. The summed E-state index contributed by atoms with van der Waals surface area (Å²) in [6.07, 6.45) is 15.3. The van der Waals surface area contributed by atoms with Crippen LogP contribution in [-0.2, 0) is 11.2 Å². The molecule has 3 nitrogen and oxygen atoms in total. The van der Waals surface area contributed by atoms with Crippen LogP contribution in [0.3, 0.4) is 0 Å². The Kier molecular flexibility index (Phi) is 9.91. The third kappa shape index (κ3) is 7.69. The van der Waals surface area contributed by atoms with Crippen molar-refractivity contribution in [1.82, 2.24) is 4.98 Å². The van der Waals surface area contributed by atoms with Crippen LogP contribution in [0.15, 0.2) is 65.8 Å². The molecule has 0 saturated heterocycles. The van der Waals surface area contributed by atoms with Gasteiger partial charge in [-0.15, -0.1) is 0 Å². The molecule has 0 unspecified atom stereocenters. The van der Waals surface area contributed by atoms with Gasteiger partial charge in [-0.2, -0.15) is 0 Å². The van der Waals surface area contributed by atoms with E-state index in [4.69, 9.17) is 9.72 Å². The van der Waals surface area contributed by atoms with Crippen LogP contribution in [0.4, 0.5) is 0 Å². The number of aromatic nitrogens is 1. The number of fused-ring (bicyclic) bond motifs is 1. The minimum absolute atomic E-state index is 0.606. The SMILES string of the molecule is C/C(=C\CCc1ccc2cc(OCC3=CCCC=C3)ccc2n1)CCC=O.CC. The molecule has 0 amide bonds. The Morgan fingerprint density at radius 2 is 2.00 bits per heavy atom. The number of carbonyl (C=O) groups excluding carboxylic acids is 1. The van der Waals surface area contributed by atoms with E-state index in [9.17, 15) is 4.79 Å². The Balaban J connectivity index is 0.00000145. The van der Waals surface area contributed by atoms with Gasteiger partial charge >= 0.3 is 0 Å². The number of carbonyl (C=O) groups is 1. The summed E-state index contributed by atoms with van der Waals surface area (Å²) in [5, 5.41) is 1.10. The second kappa shape index (κ2) is 12.7. The van der Waals surface area contributed by atoms with Gasteiger partial charge in [0, 0.05) is 17.5 Å². The van der Waals surface area contributed by atoms with E-state index in [1.54, 1.807) is 0 Å². The molecule has 0 atom stereocenters. The lowest BCUT2D eigenvalue weighted by atomic mass is 10.1. The summed E-state index contributed by atoms with van der Waals surface area (Å²) in [5.41, 5.74) is 4.60. The lowest BCUT2D eigenvalue weighted by Crippen LogP contribution is -2.01. The largest absolute Gasteiger partial charge is 0.489 e. The molecule has 1 aliphatic rings. The normalized spacial score (nSPS) is 13.5. The molecule has 0 N–H and O–H groups in total. The molecule has 0 saturated carbocycles. The van der Waals surface area contributed by atoms with Crippen LogP contribution in [0.1, 0.15) is 58.6 Å². The van der Waals surface area contributed by atoms with Crippen molar-refractivity contribution in [3.05, 3.63) is 71.5 Å². The van der Waals surface area contributed by atoms with E-state index in [1.165, 1.54) is 11.1 Å². The molecule has 1 aromatic heterocycles. The van der Waals surface area contributed by atoms with E-state index >= 15 is 0 Å². The zero-order chi connectivity index (χ0) is 20.9. The van der Waals surface area contributed by atoms with E-state index < -0.39 is 0 Å². The fourth-order valence-corrected chi connectivity index (χ4v) is 3.17. The Labute approximate surface area is 175 Å². The maximum Gasteiger partial charge on any atom is 0.120 e. The second-order valence-corrected chi connectivity index (χ2v) is 7.00. The molecule has 154 valence electrons. The van der Waals surface area contributed by atoms with Gasteiger partial charge in [0.2, 0.25) is 0 Å². The van der Waals surface area contributed by atoms with E-state index in [0.29, 0.717) is 13.0 Å². The summed E-state index contributed by atoms with van der Waals surface area (Å²) in [6.45, 7) is 6.70. The predicted molar refractivity (Wildman–Crippen MR) is 122 cm³/mol. The standard InChI is InChI=1S/C24H27NO2.C2H6/c1-19(8-6-16-26)7-5-11-22-13-12-21-17-23(14-15-24(21)25-22)27-18-20-9-3-2-4-10-20;1-2/h3,7,9-10,12-17H,2,4-6,8,11,18H2,1H3;1-2H3/b19-7+;. The van der Waals surface area contributed by atoms with Gasteiger partial charge in [0.15, 0.2) is 0 Å². The van der Waals surface area contributed by atoms with Crippen molar-refractivity contribution < 1.29 is 9.53 Å². The van der Waals surface area contributed by atoms with Crippen molar-refractivity contribution in [2.24, 2.45) is 0 Å². The molecule has 29 heavy (non-hydrogen) atoms. The summed E-state index contributed by atoms with van der Waals surface area (Å²) < 4.78 is 5.93. The molecule has 3 rings (SSSR count). The van der Waals surface area contributed by atoms with Gasteiger partial charge in [-0.05, 0) is 68.9 Å². The highest BCUT2D eigenvalue weighted by Crippen LogP contribution is 2.21. The molecule has 0 radical (unpaired) electrons. The first kappa shape index (κ1) is 22.6. The smallest absolute Gasteiger partial charge is 0.120 e. The van der Waals surface area contributed by atoms with Gasteiger partial charge in [-0.3, -0.25) is 4.98 Å². The van der Waals surface area contributed by atoms with Crippen molar-refractivity contribution in [2.75, 3.05) is 6.61 Å². The predicted octanol–water partition coefficient (Wildman–Crippen LogP) is 6.77. The minimum Gasteiger partial charge on any atom is -0.489 e. The maximum atomic E-state index is 10.4. The van der Waals surface area contributed by atoms with Crippen molar-refractivity contribution in [3.63, 3.8) is 0 Å². The van der Waals surface area contributed by atoms with Gasteiger partial charge in [0.1, 0.15) is 18.6 Å². The van der Waals surface area contributed by atoms with Crippen molar-refractivity contribution in [2.45, 2.75) is 59.3 Å². The average molecular weight is 392 g/mol. The lowest BCUT2D eigenvalue weighted by Gasteiger charge is -2.10. The zero-order valence-corrected chi connectivity index (χ0v) is 18.0. The van der Waals surface area contributed by atoms with Crippen LogP contribution in [-0.4, -0.2) is 17.9 Å². The molecular weight excluding hydrogens is 358 g/mol. The number of allylic oxidation sites excluding steroid dienone is 4. The third-order valence-corrected chi connectivity index (χ3v) is 4.75. The molecule has 0 bridgehead atoms. The summed E-state index contributed by atoms with van der Waals surface area (Å²) in [5.74, 6) is 0.880. The number of ether oxygens (including phenoxy) is 1. The number of aldehydes is 1. The molecule has 0 aliphatic heterocycles. The van der Waals surface area contributed by atoms with E-state index in [0.717, 1.165) is 60.7 Å². The fourth-order valence-electron chi connectivity index (χ4n) is 3.17. The Hall–Kier alpha value is -2.68. The van der Waals surface area contributed by atoms with E-state index in [2.05, 4.69) is 49.4 Å². The summed E-state index contributed by atoms with van der Waals surface area (Å²) in [6, 6.07) is 10.3. The highest BCUT2D eigenvalue weighted by atomic mass is 16.5. The van der Waals surface area contributed by atoms with Crippen LogP contribution in [0.2, 0.25) is 0 Å². The molecule has 3 heteroatoms. The molecule has 0 spiro atoms. The monoisotopic (exact) mass is 391 g/mol. The Bertz CT molecular complexity index is 877. The highest BCUT2D eigenvalue weighted by Gasteiger charge is 2.03. The van der Waals surface area contributed by atoms with Crippen LogP contribution < -0.4 is 4.74 Å². The Morgan fingerprint density at radius 1 is 1.14 bits per heavy atom. The number of nitrogens with zero attached hydrogens (tertiary/aromatic N) is 1.